The molecule has 5 nitrogen and oxygen atoms in total. The first-order chi connectivity index (χ1) is 10.1. The first kappa shape index (κ1) is 17.0. The van der Waals surface area contributed by atoms with E-state index in [0.29, 0.717) is 31.6 Å². The fourth-order valence-corrected chi connectivity index (χ4v) is 1.91. The van der Waals surface area contributed by atoms with Gasteiger partial charge in [-0.15, -0.1) is 0 Å². The summed E-state index contributed by atoms with van der Waals surface area (Å²) in [7, 11) is 0. The summed E-state index contributed by atoms with van der Waals surface area (Å²) in [5.74, 6) is -0.390. The molecule has 0 bridgehead atoms. The molecule has 0 radical (unpaired) electrons. The van der Waals surface area contributed by atoms with Crippen molar-refractivity contribution in [3.05, 3.63) is 36.1 Å². The molecule has 0 aliphatic heterocycles. The number of carbonyl (C=O) groups is 2. The third-order valence-corrected chi connectivity index (χ3v) is 3.12. The molecule has 0 amide bonds. The van der Waals surface area contributed by atoms with E-state index in [1.54, 1.807) is 12.2 Å². The maximum absolute atomic E-state index is 10.8. The summed E-state index contributed by atoms with van der Waals surface area (Å²) in [4.78, 5) is 21.5. The van der Waals surface area contributed by atoms with E-state index in [0.717, 1.165) is 37.5 Å². The highest BCUT2D eigenvalue weighted by Gasteiger charge is 2.12. The molecule has 0 fully saturated rings. The second kappa shape index (κ2) is 9.80. The van der Waals surface area contributed by atoms with Gasteiger partial charge in [0.1, 0.15) is 0 Å². The zero-order valence-corrected chi connectivity index (χ0v) is 12.2. The average Bonchev–Trinajstić information content (AvgIpc) is 2.50. The van der Waals surface area contributed by atoms with Crippen molar-refractivity contribution >= 4 is 11.9 Å². The van der Waals surface area contributed by atoms with Gasteiger partial charge in [-0.1, -0.05) is 6.58 Å². The highest BCUT2D eigenvalue weighted by Crippen LogP contribution is 2.19. The lowest BCUT2D eigenvalue weighted by atomic mass is 10.0. The summed E-state index contributed by atoms with van der Waals surface area (Å²) in [6.45, 7) is 4.39. The van der Waals surface area contributed by atoms with Crippen LogP contribution in [0.1, 0.15) is 38.5 Å². The minimum absolute atomic E-state index is 0.378. The number of aliphatic carboxylic acids is 1. The van der Waals surface area contributed by atoms with Crippen molar-refractivity contribution in [2.75, 3.05) is 13.2 Å². The Hall–Kier alpha value is -2.04. The Kier molecular flexibility index (Phi) is 7.94. The van der Waals surface area contributed by atoms with Crippen LogP contribution in [-0.2, 0) is 19.1 Å². The SMILES string of the molecule is C=CC(=O)OCCCCCCOC1=CC=C(C(=O)O)CC1. The van der Waals surface area contributed by atoms with E-state index in [9.17, 15) is 9.59 Å². The first-order valence-electron chi connectivity index (χ1n) is 7.18. The summed E-state index contributed by atoms with van der Waals surface area (Å²) in [5, 5.41) is 8.82. The van der Waals surface area contributed by atoms with Gasteiger partial charge in [0, 0.05) is 18.1 Å². The minimum Gasteiger partial charge on any atom is -0.498 e. The molecule has 1 N–H and O–H groups in total. The smallest absolute Gasteiger partial charge is 0.331 e. The second-order valence-electron chi connectivity index (χ2n) is 4.76. The molecule has 0 unspecified atom stereocenters. The quantitative estimate of drug-likeness (QED) is 0.381. The Labute approximate surface area is 124 Å². The maximum Gasteiger partial charge on any atom is 0.331 e. The van der Waals surface area contributed by atoms with Crippen molar-refractivity contribution in [2.45, 2.75) is 38.5 Å². The third kappa shape index (κ3) is 7.34. The van der Waals surface area contributed by atoms with E-state index in [2.05, 4.69) is 6.58 Å². The van der Waals surface area contributed by atoms with Gasteiger partial charge in [-0.25, -0.2) is 9.59 Å². The second-order valence-corrected chi connectivity index (χ2v) is 4.76. The molecule has 0 spiro atoms. The zero-order valence-electron chi connectivity index (χ0n) is 12.2. The van der Waals surface area contributed by atoms with Crippen LogP contribution in [-0.4, -0.2) is 30.3 Å². The monoisotopic (exact) mass is 294 g/mol. The van der Waals surface area contributed by atoms with Gasteiger partial charge in [0.05, 0.1) is 19.0 Å². The lowest BCUT2D eigenvalue weighted by Gasteiger charge is -2.13. The van der Waals surface area contributed by atoms with Crippen molar-refractivity contribution in [3.8, 4) is 0 Å². The van der Waals surface area contributed by atoms with Gasteiger partial charge in [-0.2, -0.15) is 0 Å². The molecule has 0 atom stereocenters. The van der Waals surface area contributed by atoms with Gasteiger partial charge in [0.25, 0.3) is 0 Å². The summed E-state index contributed by atoms with van der Waals surface area (Å²) in [6.07, 6.45) is 9.44. The molecule has 5 heteroatoms. The summed E-state index contributed by atoms with van der Waals surface area (Å²) in [6, 6.07) is 0. The number of hydrogen-bond donors (Lipinski definition) is 1. The van der Waals surface area contributed by atoms with Crippen LogP contribution in [0.3, 0.4) is 0 Å². The van der Waals surface area contributed by atoms with Crippen molar-refractivity contribution in [3.63, 3.8) is 0 Å². The van der Waals surface area contributed by atoms with Crippen molar-refractivity contribution in [2.24, 2.45) is 0 Å². The predicted octanol–water partition coefficient (Wildman–Crippen LogP) is 2.98. The maximum atomic E-state index is 10.8. The van der Waals surface area contributed by atoms with E-state index in [-0.39, 0.29) is 5.97 Å². The third-order valence-electron chi connectivity index (χ3n) is 3.12. The fourth-order valence-electron chi connectivity index (χ4n) is 1.91. The lowest BCUT2D eigenvalue weighted by Crippen LogP contribution is -2.06. The molecule has 0 aromatic rings. The number of unbranched alkanes of at least 4 members (excludes halogenated alkanes) is 3. The minimum atomic E-state index is -0.859. The standard InChI is InChI=1S/C16H22O5/c1-2-15(17)21-12-6-4-3-5-11-20-14-9-7-13(8-10-14)16(18)19/h2,7,9H,1,3-6,8,10-12H2,(H,18,19). The Morgan fingerprint density at radius 3 is 2.43 bits per heavy atom. The largest absolute Gasteiger partial charge is 0.498 e. The number of rotatable bonds is 10. The Morgan fingerprint density at radius 2 is 1.86 bits per heavy atom. The molecule has 0 heterocycles. The van der Waals surface area contributed by atoms with Crippen LogP contribution >= 0.6 is 0 Å². The van der Waals surface area contributed by atoms with Gasteiger partial charge >= 0.3 is 11.9 Å². The fraction of sp³-hybridized carbons (Fsp3) is 0.500. The van der Waals surface area contributed by atoms with Gasteiger partial charge in [0.2, 0.25) is 0 Å². The Balaban J connectivity index is 2.01. The number of esters is 1. The van der Waals surface area contributed by atoms with Crippen LogP contribution in [0, 0.1) is 0 Å². The van der Waals surface area contributed by atoms with Gasteiger partial charge in [0.15, 0.2) is 0 Å². The van der Waals surface area contributed by atoms with Crippen molar-refractivity contribution in [1.29, 1.82) is 0 Å². The van der Waals surface area contributed by atoms with Gasteiger partial charge < -0.3 is 14.6 Å². The Morgan fingerprint density at radius 1 is 1.14 bits per heavy atom. The summed E-state index contributed by atoms with van der Waals surface area (Å²) in [5.41, 5.74) is 0.427. The topological polar surface area (TPSA) is 72.8 Å². The number of allylic oxidation sites excluding steroid dienone is 3. The number of carbonyl (C=O) groups excluding carboxylic acids is 1. The van der Waals surface area contributed by atoms with Crippen LogP contribution in [0.2, 0.25) is 0 Å². The van der Waals surface area contributed by atoms with E-state index in [4.69, 9.17) is 14.6 Å². The molecule has 1 aliphatic rings. The van der Waals surface area contributed by atoms with Crippen LogP contribution in [0.4, 0.5) is 0 Å². The molecule has 21 heavy (non-hydrogen) atoms. The lowest BCUT2D eigenvalue weighted by molar-refractivity contribution is -0.138. The van der Waals surface area contributed by atoms with E-state index < -0.39 is 5.97 Å². The normalized spacial score (nSPS) is 13.9. The van der Waals surface area contributed by atoms with E-state index in [1.807, 2.05) is 0 Å². The molecule has 1 aliphatic carbocycles. The molecule has 0 saturated carbocycles. The average molecular weight is 294 g/mol. The van der Waals surface area contributed by atoms with E-state index >= 15 is 0 Å². The molecule has 116 valence electrons. The van der Waals surface area contributed by atoms with Crippen LogP contribution in [0.25, 0.3) is 0 Å². The molecular formula is C16H22O5. The highest BCUT2D eigenvalue weighted by molar-refractivity contribution is 5.87. The number of hydrogen-bond acceptors (Lipinski definition) is 4. The Bertz CT molecular complexity index is 434. The number of carboxylic acid groups (broad SMARTS) is 1. The molecule has 0 aromatic carbocycles. The van der Waals surface area contributed by atoms with Crippen molar-refractivity contribution in [1.82, 2.24) is 0 Å². The van der Waals surface area contributed by atoms with Crippen LogP contribution in [0.5, 0.6) is 0 Å². The highest BCUT2D eigenvalue weighted by atomic mass is 16.5. The molecule has 1 rings (SSSR count). The van der Waals surface area contributed by atoms with Gasteiger partial charge in [-0.3, -0.25) is 0 Å². The summed E-state index contributed by atoms with van der Waals surface area (Å²) >= 11 is 0. The summed E-state index contributed by atoms with van der Waals surface area (Å²) < 4.78 is 10.5. The van der Waals surface area contributed by atoms with Crippen LogP contribution < -0.4 is 0 Å². The zero-order chi connectivity index (χ0) is 15.5. The van der Waals surface area contributed by atoms with Crippen LogP contribution in [0.15, 0.2) is 36.1 Å². The molecule has 0 saturated heterocycles. The number of ether oxygens (including phenoxy) is 2. The number of carboxylic acids is 1. The predicted molar refractivity (Wildman–Crippen MR) is 78.6 cm³/mol. The van der Waals surface area contributed by atoms with Gasteiger partial charge in [-0.05, 0) is 44.3 Å². The first-order valence-corrected chi connectivity index (χ1v) is 7.18. The van der Waals surface area contributed by atoms with E-state index in [1.165, 1.54) is 0 Å². The molecular weight excluding hydrogens is 272 g/mol. The molecule has 0 aromatic heterocycles. The van der Waals surface area contributed by atoms with Crippen molar-refractivity contribution < 1.29 is 24.2 Å².